The molecule has 0 fully saturated rings. The van der Waals surface area contributed by atoms with Crippen molar-refractivity contribution < 1.29 is 23.8 Å². The molecule has 4 aromatic rings. The van der Waals surface area contributed by atoms with Crippen LogP contribution in [0.25, 0.3) is 0 Å². The molecule has 40 heavy (non-hydrogen) atoms. The maximum Gasteiger partial charge on any atom is 0.337 e. The normalized spacial score (nSPS) is 17.6. The Balaban J connectivity index is 1.54. The van der Waals surface area contributed by atoms with E-state index < -0.39 is 39.8 Å². The van der Waals surface area contributed by atoms with Gasteiger partial charge in [0.25, 0.3) is 10.9 Å². The van der Waals surface area contributed by atoms with E-state index in [0.29, 0.717) is 5.76 Å². The van der Waals surface area contributed by atoms with E-state index >= 15 is 4.39 Å². The molecule has 3 aromatic carbocycles. The number of benzene rings is 2. The number of hydrogen-bond acceptors (Lipinski definition) is 8. The van der Waals surface area contributed by atoms with Crippen LogP contribution in [-0.2, 0) is 12.3 Å². The van der Waals surface area contributed by atoms with Crippen molar-refractivity contribution in [1.82, 2.24) is 0 Å². The largest absolute Gasteiger partial charge is 0.478 e. The van der Waals surface area contributed by atoms with Crippen LogP contribution in [0, 0.1) is 11.2 Å². The molecule has 1 aromatic heterocycles. The van der Waals surface area contributed by atoms with Crippen LogP contribution in [0.3, 0.4) is 0 Å². The third kappa shape index (κ3) is 4.43. The van der Waals surface area contributed by atoms with Gasteiger partial charge in [0.1, 0.15) is 23.0 Å². The zero-order chi connectivity index (χ0) is 29.1. The zero-order valence-electron chi connectivity index (χ0n) is 22.1. The fraction of sp³-hybridized carbons (Fsp3) is 0.276. The molecule has 1 aliphatic rings. The Bertz CT molecular complexity index is 1710. The first-order valence-electron chi connectivity index (χ1n) is 12.5. The van der Waals surface area contributed by atoms with Gasteiger partial charge in [-0.05, 0) is 60.3 Å². The molecule has 0 radical (unpaired) electrons. The summed E-state index contributed by atoms with van der Waals surface area (Å²) in [5, 5.41) is 27.6. The van der Waals surface area contributed by atoms with Crippen LogP contribution in [0.5, 0.6) is 0 Å². The molecule has 0 saturated heterocycles. The van der Waals surface area contributed by atoms with Gasteiger partial charge in [-0.3, -0.25) is 9.59 Å². The van der Waals surface area contributed by atoms with Gasteiger partial charge in [0.15, 0.2) is 10.9 Å². The topological polar surface area (TPSA) is 132 Å². The number of halogens is 2. The Hall–Kier alpha value is -4.15. The average Bonchev–Trinajstić information content (AvgIpc) is 3.44. The van der Waals surface area contributed by atoms with Gasteiger partial charge in [-0.2, -0.15) is 0 Å². The third-order valence-electron chi connectivity index (χ3n) is 7.20. The van der Waals surface area contributed by atoms with Gasteiger partial charge in [0.2, 0.25) is 0 Å². The van der Waals surface area contributed by atoms with E-state index in [1.807, 2.05) is 20.8 Å². The lowest BCUT2D eigenvalue weighted by Gasteiger charge is -2.34. The second-order valence-corrected chi connectivity index (χ2v) is 11.4. The molecule has 2 atom stereocenters. The molecular weight excluding hydrogens is 541 g/mol. The van der Waals surface area contributed by atoms with Crippen molar-refractivity contribution in [2.75, 3.05) is 15.5 Å². The highest BCUT2D eigenvalue weighted by Crippen LogP contribution is 2.47. The standard InChI is InChI=1S/C29H27ClFN3O6/c1-28(2,3)26(19-11-12-20(30)40-19)33-23-22(24(35)25(23)36)32-17-10-9-16(31)15-13-34(29(4,39)21(15)17)18-8-6-5-7-14(18)27(37)38/h5-12,26,32-33,39H,13H2,1-4H3,(H,37,38)/t26-,29?/m0/s1. The van der Waals surface area contributed by atoms with Crippen molar-refractivity contribution in [1.29, 1.82) is 0 Å². The highest BCUT2D eigenvalue weighted by molar-refractivity contribution is 6.28. The van der Waals surface area contributed by atoms with Crippen LogP contribution in [0.2, 0.25) is 5.22 Å². The van der Waals surface area contributed by atoms with E-state index in [9.17, 15) is 24.6 Å². The van der Waals surface area contributed by atoms with E-state index in [-0.39, 0.29) is 51.2 Å². The number of anilines is 4. The molecule has 4 N–H and O–H groups in total. The number of rotatable bonds is 7. The van der Waals surface area contributed by atoms with Gasteiger partial charge >= 0.3 is 5.97 Å². The number of aliphatic hydroxyl groups is 1. The molecule has 0 saturated carbocycles. The van der Waals surface area contributed by atoms with Crippen LogP contribution in [0.4, 0.5) is 27.1 Å². The van der Waals surface area contributed by atoms with Crippen molar-refractivity contribution in [2.24, 2.45) is 5.41 Å². The number of nitrogens with one attached hydrogen (secondary N) is 2. The van der Waals surface area contributed by atoms with Gasteiger partial charge in [0.05, 0.1) is 17.3 Å². The first kappa shape index (κ1) is 27.4. The highest BCUT2D eigenvalue weighted by Gasteiger charge is 2.45. The molecule has 9 nitrogen and oxygen atoms in total. The zero-order valence-corrected chi connectivity index (χ0v) is 22.9. The molecule has 11 heteroatoms. The lowest BCUT2D eigenvalue weighted by molar-refractivity contribution is 0.0615. The predicted octanol–water partition coefficient (Wildman–Crippen LogP) is 5.49. The summed E-state index contributed by atoms with van der Waals surface area (Å²) in [4.78, 5) is 38.6. The molecule has 5 rings (SSSR count). The van der Waals surface area contributed by atoms with E-state index in [2.05, 4.69) is 10.6 Å². The Morgan fingerprint density at radius 1 is 1.10 bits per heavy atom. The number of nitrogens with zero attached hydrogens (tertiary/aromatic N) is 1. The van der Waals surface area contributed by atoms with Gasteiger partial charge in [-0.25, -0.2) is 9.18 Å². The lowest BCUT2D eigenvalue weighted by atomic mass is 9.84. The minimum Gasteiger partial charge on any atom is -0.478 e. The molecule has 0 amide bonds. The van der Waals surface area contributed by atoms with Gasteiger partial charge in [-0.1, -0.05) is 32.9 Å². The number of carboxylic acids is 1. The van der Waals surface area contributed by atoms with E-state index in [4.69, 9.17) is 16.0 Å². The van der Waals surface area contributed by atoms with Crippen molar-refractivity contribution in [3.63, 3.8) is 0 Å². The molecule has 0 spiro atoms. The summed E-state index contributed by atoms with van der Waals surface area (Å²) in [5.41, 5.74) is -3.31. The fourth-order valence-electron chi connectivity index (χ4n) is 5.20. The SMILES string of the molecule is CC(C)(C)[C@@H](Nc1c(Nc2ccc(F)c3c2C(C)(O)N(c2ccccc2C(=O)O)C3)c(=O)c1=O)c1ccc(Cl)o1. The predicted molar refractivity (Wildman–Crippen MR) is 150 cm³/mol. The summed E-state index contributed by atoms with van der Waals surface area (Å²) in [6.07, 6.45) is 0. The maximum atomic E-state index is 15.1. The molecule has 0 aliphatic carbocycles. The smallest absolute Gasteiger partial charge is 0.337 e. The summed E-state index contributed by atoms with van der Waals surface area (Å²) < 4.78 is 20.6. The van der Waals surface area contributed by atoms with Crippen LogP contribution in [-0.4, -0.2) is 16.2 Å². The molecule has 208 valence electrons. The van der Waals surface area contributed by atoms with E-state index in [1.54, 1.807) is 24.3 Å². The van der Waals surface area contributed by atoms with Crippen LogP contribution in [0.15, 0.2) is 62.5 Å². The number of para-hydroxylation sites is 1. The summed E-state index contributed by atoms with van der Waals surface area (Å²) in [6.45, 7) is 7.06. The maximum absolute atomic E-state index is 15.1. The third-order valence-corrected chi connectivity index (χ3v) is 7.40. The fourth-order valence-corrected chi connectivity index (χ4v) is 5.36. The van der Waals surface area contributed by atoms with Crippen LogP contribution >= 0.6 is 11.6 Å². The van der Waals surface area contributed by atoms with Gasteiger partial charge < -0.3 is 30.2 Å². The summed E-state index contributed by atoms with van der Waals surface area (Å²) in [6, 6.07) is 11.4. The Labute approximate surface area is 233 Å². The first-order chi connectivity index (χ1) is 18.7. The number of carbonyl (C=O) groups is 1. The Morgan fingerprint density at radius 2 is 1.77 bits per heavy atom. The minimum absolute atomic E-state index is 0.0150. The number of hydrogen-bond donors (Lipinski definition) is 4. The average molecular weight is 568 g/mol. The summed E-state index contributed by atoms with van der Waals surface area (Å²) in [7, 11) is 0. The van der Waals surface area contributed by atoms with Crippen molar-refractivity contribution in [3.05, 3.63) is 102 Å². The number of carboxylic acid groups (broad SMARTS) is 1. The van der Waals surface area contributed by atoms with E-state index in [0.717, 1.165) is 0 Å². The Kier molecular flexibility index (Phi) is 6.51. The van der Waals surface area contributed by atoms with Gasteiger partial charge in [-0.15, -0.1) is 0 Å². The monoisotopic (exact) mass is 567 g/mol. The molecule has 1 unspecified atom stereocenters. The number of aromatic carboxylic acids is 1. The van der Waals surface area contributed by atoms with Crippen molar-refractivity contribution in [3.8, 4) is 0 Å². The molecule has 0 bridgehead atoms. The van der Waals surface area contributed by atoms with Gasteiger partial charge in [0, 0.05) is 23.4 Å². The summed E-state index contributed by atoms with van der Waals surface area (Å²) >= 11 is 5.97. The van der Waals surface area contributed by atoms with Crippen LogP contribution < -0.4 is 26.4 Å². The van der Waals surface area contributed by atoms with Crippen molar-refractivity contribution in [2.45, 2.75) is 46.0 Å². The summed E-state index contributed by atoms with van der Waals surface area (Å²) in [5.74, 6) is -1.34. The van der Waals surface area contributed by atoms with Crippen LogP contribution in [0.1, 0.15) is 61.0 Å². The second-order valence-electron chi connectivity index (χ2n) is 11.0. The first-order valence-corrected chi connectivity index (χ1v) is 12.9. The molecule has 2 heterocycles. The Morgan fingerprint density at radius 3 is 2.40 bits per heavy atom. The number of furan rings is 1. The van der Waals surface area contributed by atoms with Crippen molar-refractivity contribution >= 4 is 40.3 Å². The minimum atomic E-state index is -1.87. The number of fused-ring (bicyclic) bond motifs is 1. The van der Waals surface area contributed by atoms with E-state index in [1.165, 1.54) is 36.1 Å². The lowest BCUT2D eigenvalue weighted by Crippen LogP contribution is -2.40. The second kappa shape index (κ2) is 9.50. The molecule has 1 aliphatic heterocycles. The molecular formula is C29H27ClFN3O6. The highest BCUT2D eigenvalue weighted by atomic mass is 35.5. The quantitative estimate of drug-likeness (QED) is 0.214.